The number of para-hydroxylation sites is 1. The van der Waals surface area contributed by atoms with Gasteiger partial charge in [0, 0.05) is 19.2 Å². The van der Waals surface area contributed by atoms with Crippen molar-refractivity contribution in [2.24, 2.45) is 0 Å². The molecule has 2 aliphatic heterocycles. The second-order valence-corrected chi connectivity index (χ2v) is 7.92. The molecule has 32 heavy (non-hydrogen) atoms. The number of carbonyl (C=O) groups excluding carboxylic acids is 1. The van der Waals surface area contributed by atoms with Gasteiger partial charge in [-0.05, 0) is 36.2 Å². The molecule has 2 aliphatic rings. The molecule has 166 valence electrons. The maximum atomic E-state index is 13.2. The number of ether oxygens (including phenoxy) is 3. The van der Waals surface area contributed by atoms with Gasteiger partial charge < -0.3 is 19.1 Å². The molecule has 3 aromatic rings. The fourth-order valence-corrected chi connectivity index (χ4v) is 4.36. The van der Waals surface area contributed by atoms with E-state index in [1.807, 2.05) is 58.1 Å². The van der Waals surface area contributed by atoms with Gasteiger partial charge in [-0.15, -0.1) is 0 Å². The number of hydrogen-bond donors (Lipinski definition) is 0. The molecule has 1 amide bonds. The Kier molecular flexibility index (Phi) is 5.45. The van der Waals surface area contributed by atoms with Crippen molar-refractivity contribution in [3.8, 4) is 17.2 Å². The number of nitrogens with zero attached hydrogens (tertiary/aromatic N) is 3. The van der Waals surface area contributed by atoms with E-state index in [-0.39, 0.29) is 24.7 Å². The molecule has 0 atom stereocenters. The number of benzene rings is 2. The lowest BCUT2D eigenvalue weighted by molar-refractivity contribution is -0.131. The van der Waals surface area contributed by atoms with Crippen LogP contribution in [-0.4, -0.2) is 47.2 Å². The molecular weight excluding hydrogens is 410 g/mol. The largest absolute Gasteiger partial charge is 0.454 e. The summed E-state index contributed by atoms with van der Waals surface area (Å²) in [4.78, 5) is 28.2. The first-order valence-corrected chi connectivity index (χ1v) is 10.7. The number of methoxy groups -OCH3 is 1. The Morgan fingerprint density at radius 3 is 2.72 bits per heavy atom. The minimum atomic E-state index is -0.0230. The first-order chi connectivity index (χ1) is 15.7. The third kappa shape index (κ3) is 3.67. The third-order valence-corrected chi connectivity index (χ3v) is 5.98. The van der Waals surface area contributed by atoms with Gasteiger partial charge in [-0.2, -0.15) is 0 Å². The van der Waals surface area contributed by atoms with Gasteiger partial charge in [-0.3, -0.25) is 14.3 Å². The molecule has 0 aliphatic carbocycles. The summed E-state index contributed by atoms with van der Waals surface area (Å²) in [6.07, 6.45) is 0.807. The lowest BCUT2D eigenvalue weighted by Crippen LogP contribution is -2.38. The van der Waals surface area contributed by atoms with E-state index in [2.05, 4.69) is 0 Å². The molecule has 3 heterocycles. The average Bonchev–Trinajstić information content (AvgIpc) is 3.40. The van der Waals surface area contributed by atoms with Crippen LogP contribution in [0.4, 0.5) is 0 Å². The molecule has 0 unspecified atom stereocenters. The summed E-state index contributed by atoms with van der Waals surface area (Å²) in [5.41, 5.74) is 3.31. The molecule has 0 saturated heterocycles. The molecule has 1 aromatic heterocycles. The van der Waals surface area contributed by atoms with Crippen LogP contribution in [0.15, 0.2) is 53.3 Å². The molecule has 8 nitrogen and oxygen atoms in total. The van der Waals surface area contributed by atoms with Gasteiger partial charge in [-0.25, -0.2) is 4.68 Å². The topological polar surface area (TPSA) is 74.9 Å². The van der Waals surface area contributed by atoms with Crippen molar-refractivity contribution in [1.82, 2.24) is 14.3 Å². The number of rotatable bonds is 6. The van der Waals surface area contributed by atoms with E-state index in [0.29, 0.717) is 44.2 Å². The zero-order valence-corrected chi connectivity index (χ0v) is 18.0. The van der Waals surface area contributed by atoms with Gasteiger partial charge >= 0.3 is 0 Å². The fourth-order valence-electron chi connectivity index (χ4n) is 4.36. The molecule has 2 aromatic carbocycles. The van der Waals surface area contributed by atoms with Gasteiger partial charge in [0.15, 0.2) is 11.5 Å². The lowest BCUT2D eigenvalue weighted by atomic mass is 10.1. The van der Waals surface area contributed by atoms with Crippen molar-refractivity contribution < 1.29 is 19.0 Å². The van der Waals surface area contributed by atoms with Crippen LogP contribution in [0.1, 0.15) is 16.8 Å². The predicted molar refractivity (Wildman–Crippen MR) is 117 cm³/mol. The summed E-state index contributed by atoms with van der Waals surface area (Å²) in [6, 6.07) is 15.2. The average molecular weight is 435 g/mol. The van der Waals surface area contributed by atoms with E-state index in [0.717, 1.165) is 22.5 Å². The first-order valence-electron chi connectivity index (χ1n) is 10.7. The van der Waals surface area contributed by atoms with Crippen LogP contribution in [0.5, 0.6) is 11.5 Å². The number of carbonyl (C=O) groups is 1. The molecule has 0 radical (unpaired) electrons. The monoisotopic (exact) mass is 435 g/mol. The van der Waals surface area contributed by atoms with Crippen molar-refractivity contribution in [2.45, 2.75) is 25.9 Å². The molecule has 0 fully saturated rings. The van der Waals surface area contributed by atoms with Crippen molar-refractivity contribution in [1.29, 1.82) is 0 Å². The van der Waals surface area contributed by atoms with E-state index in [9.17, 15) is 9.59 Å². The highest BCUT2D eigenvalue weighted by molar-refractivity contribution is 5.79. The van der Waals surface area contributed by atoms with Crippen LogP contribution in [0.2, 0.25) is 0 Å². The number of amides is 1. The highest BCUT2D eigenvalue weighted by Crippen LogP contribution is 2.32. The van der Waals surface area contributed by atoms with E-state index >= 15 is 0 Å². The second kappa shape index (κ2) is 8.55. The molecule has 0 spiro atoms. The van der Waals surface area contributed by atoms with E-state index in [4.69, 9.17) is 14.2 Å². The van der Waals surface area contributed by atoms with Gasteiger partial charge in [0.1, 0.15) is 0 Å². The maximum absolute atomic E-state index is 13.2. The Morgan fingerprint density at radius 1 is 1.09 bits per heavy atom. The van der Waals surface area contributed by atoms with Crippen molar-refractivity contribution in [2.75, 3.05) is 27.1 Å². The smallest absolute Gasteiger partial charge is 0.274 e. The minimum Gasteiger partial charge on any atom is -0.454 e. The SMILES string of the molecule is COCCn1c2c(c(=O)n1-c1ccccc1)CCN(C(=O)Cc1ccc3c(c1)OCO3)C2. The zero-order chi connectivity index (χ0) is 22.1. The molecule has 5 rings (SSSR count). The van der Waals surface area contributed by atoms with Crippen LogP contribution in [0, 0.1) is 0 Å². The zero-order valence-electron chi connectivity index (χ0n) is 18.0. The Labute approximate surface area is 185 Å². The van der Waals surface area contributed by atoms with E-state index in [1.54, 1.807) is 11.8 Å². The second-order valence-electron chi connectivity index (χ2n) is 7.92. The summed E-state index contributed by atoms with van der Waals surface area (Å²) in [6.45, 7) is 2.13. The summed E-state index contributed by atoms with van der Waals surface area (Å²) in [5.74, 6) is 1.39. The summed E-state index contributed by atoms with van der Waals surface area (Å²) < 4.78 is 19.7. The maximum Gasteiger partial charge on any atom is 0.274 e. The Bertz CT molecular complexity index is 1200. The Morgan fingerprint density at radius 2 is 1.91 bits per heavy atom. The number of fused-ring (bicyclic) bond motifs is 2. The first kappa shape index (κ1) is 20.4. The summed E-state index contributed by atoms with van der Waals surface area (Å²) >= 11 is 0. The van der Waals surface area contributed by atoms with Crippen LogP contribution in [0.3, 0.4) is 0 Å². The normalized spacial score (nSPS) is 14.5. The van der Waals surface area contributed by atoms with Crippen LogP contribution >= 0.6 is 0 Å². The molecular formula is C24H25N3O5. The minimum absolute atomic E-state index is 0.0210. The fraction of sp³-hybridized carbons (Fsp3) is 0.333. The summed E-state index contributed by atoms with van der Waals surface area (Å²) in [5, 5.41) is 0. The van der Waals surface area contributed by atoms with Crippen LogP contribution < -0.4 is 15.0 Å². The third-order valence-electron chi connectivity index (χ3n) is 5.98. The quantitative estimate of drug-likeness (QED) is 0.593. The van der Waals surface area contributed by atoms with Gasteiger partial charge in [0.2, 0.25) is 12.7 Å². The predicted octanol–water partition coefficient (Wildman–Crippen LogP) is 2.14. The number of hydrogen-bond acceptors (Lipinski definition) is 5. The highest BCUT2D eigenvalue weighted by atomic mass is 16.7. The summed E-state index contributed by atoms with van der Waals surface area (Å²) in [7, 11) is 1.64. The number of aromatic nitrogens is 2. The Balaban J connectivity index is 1.42. The van der Waals surface area contributed by atoms with Gasteiger partial charge in [0.25, 0.3) is 5.56 Å². The standard InChI is InChI=1S/C24H25N3O5/c1-30-12-11-26-20-15-25(23(28)14-17-7-8-21-22(13-17)32-16-31-21)10-9-19(20)24(29)27(26)18-5-3-2-4-6-18/h2-8,13H,9-12,14-16H2,1H3. The van der Waals surface area contributed by atoms with Crippen molar-refractivity contribution >= 4 is 5.91 Å². The van der Waals surface area contributed by atoms with Gasteiger partial charge in [-0.1, -0.05) is 24.3 Å². The van der Waals surface area contributed by atoms with E-state index in [1.165, 1.54) is 0 Å². The highest BCUT2D eigenvalue weighted by Gasteiger charge is 2.29. The lowest BCUT2D eigenvalue weighted by Gasteiger charge is -2.28. The molecule has 8 heteroatoms. The molecule has 0 saturated carbocycles. The van der Waals surface area contributed by atoms with E-state index < -0.39 is 0 Å². The van der Waals surface area contributed by atoms with Crippen molar-refractivity contribution in [3.05, 3.63) is 75.7 Å². The Hall–Kier alpha value is -3.52. The van der Waals surface area contributed by atoms with Crippen LogP contribution in [-0.2, 0) is 35.5 Å². The molecule has 0 bridgehead atoms. The van der Waals surface area contributed by atoms with Crippen LogP contribution in [0.25, 0.3) is 5.69 Å². The molecule has 0 N–H and O–H groups in total. The van der Waals surface area contributed by atoms with Crippen molar-refractivity contribution in [3.63, 3.8) is 0 Å². The van der Waals surface area contributed by atoms with Gasteiger partial charge in [0.05, 0.1) is 37.5 Å².